The number of aliphatic imine (C=N–C) groups is 1. The third kappa shape index (κ3) is 4.59. The lowest BCUT2D eigenvalue weighted by Crippen LogP contribution is -2.21. The number of guanidine groups is 1. The molecule has 0 aliphatic carbocycles. The average Bonchev–Trinajstić information content (AvgIpc) is 2.74. The van der Waals surface area contributed by atoms with Gasteiger partial charge in [0.25, 0.3) is 0 Å². The van der Waals surface area contributed by atoms with Gasteiger partial charge < -0.3 is 20.9 Å². The number of hydrogen-bond donors (Lipinski definition) is 2. The normalized spacial score (nSPS) is 10.1. The summed E-state index contributed by atoms with van der Waals surface area (Å²) in [5.41, 5.74) is 11.9. The van der Waals surface area contributed by atoms with Gasteiger partial charge in [0.15, 0.2) is 11.7 Å². The summed E-state index contributed by atoms with van der Waals surface area (Å²) >= 11 is 0. The summed E-state index contributed by atoms with van der Waals surface area (Å²) in [6.45, 7) is 0. The first-order valence-corrected chi connectivity index (χ1v) is 8.68. The number of ether oxygens (including phenoxy) is 2. The number of ketones is 1. The van der Waals surface area contributed by atoms with Crippen molar-refractivity contribution in [2.24, 2.45) is 16.5 Å². The quantitative estimate of drug-likeness (QED) is 0.220. The molecule has 0 aliphatic heterocycles. The highest BCUT2D eigenvalue weighted by atomic mass is 16.5. The van der Waals surface area contributed by atoms with Crippen LogP contribution in [0.15, 0.2) is 77.8 Å². The van der Waals surface area contributed by atoms with E-state index in [1.54, 1.807) is 72.8 Å². The molecule has 0 fully saturated rings. The maximum atomic E-state index is 13.0. The molecule has 4 N–H and O–H groups in total. The van der Waals surface area contributed by atoms with Crippen LogP contribution in [0.5, 0.6) is 11.5 Å². The molecule has 7 heteroatoms. The first-order valence-electron chi connectivity index (χ1n) is 8.68. The van der Waals surface area contributed by atoms with Crippen molar-refractivity contribution >= 4 is 23.4 Å². The maximum Gasteiger partial charge on any atom is 0.344 e. The Bertz CT molecular complexity index is 1070. The summed E-state index contributed by atoms with van der Waals surface area (Å²) in [6, 6.07) is 19.6. The van der Waals surface area contributed by atoms with Crippen molar-refractivity contribution in [2.75, 3.05) is 7.11 Å². The molecule has 29 heavy (non-hydrogen) atoms. The lowest BCUT2D eigenvalue weighted by atomic mass is 9.98. The number of carbonyl (C=O) groups excluding carboxylic acids is 2. The largest absolute Gasteiger partial charge is 0.496 e. The molecule has 3 aromatic carbocycles. The Morgan fingerprint density at radius 2 is 1.38 bits per heavy atom. The van der Waals surface area contributed by atoms with Gasteiger partial charge in [-0.2, -0.15) is 0 Å². The van der Waals surface area contributed by atoms with Crippen molar-refractivity contribution in [2.45, 2.75) is 0 Å². The Morgan fingerprint density at radius 3 is 2.00 bits per heavy atom. The highest BCUT2D eigenvalue weighted by Crippen LogP contribution is 2.24. The molecule has 0 amide bonds. The summed E-state index contributed by atoms with van der Waals surface area (Å²) in [5.74, 6) is -0.338. The van der Waals surface area contributed by atoms with E-state index in [1.807, 2.05) is 0 Å². The van der Waals surface area contributed by atoms with Crippen LogP contribution in [0.1, 0.15) is 26.3 Å². The van der Waals surface area contributed by atoms with Crippen LogP contribution in [0.3, 0.4) is 0 Å². The number of nitrogens with two attached hydrogens (primary N) is 2. The predicted octanol–water partition coefficient (Wildman–Crippen LogP) is 3.05. The fourth-order valence-corrected chi connectivity index (χ4v) is 2.74. The second-order valence-corrected chi connectivity index (χ2v) is 6.00. The van der Waals surface area contributed by atoms with Gasteiger partial charge in [0.1, 0.15) is 11.5 Å². The molecule has 7 nitrogen and oxygen atoms in total. The molecule has 3 rings (SSSR count). The standard InChI is InChI=1S/C22H19N3O4/c1-28-19-9-5-4-8-18(19)20(26)16-6-2-3-7-17(16)21(27)29-15-12-10-14(11-13-15)25-22(23)24/h2-13H,1H3,(H4,23,24,25). The zero-order chi connectivity index (χ0) is 20.8. The third-order valence-electron chi connectivity index (χ3n) is 4.05. The fourth-order valence-electron chi connectivity index (χ4n) is 2.74. The summed E-state index contributed by atoms with van der Waals surface area (Å²) in [6.07, 6.45) is 0. The highest BCUT2D eigenvalue weighted by molar-refractivity contribution is 6.15. The molecule has 0 bridgehead atoms. The smallest absolute Gasteiger partial charge is 0.344 e. The van der Waals surface area contributed by atoms with Gasteiger partial charge >= 0.3 is 5.97 Å². The van der Waals surface area contributed by atoms with Crippen LogP contribution < -0.4 is 20.9 Å². The van der Waals surface area contributed by atoms with E-state index in [-0.39, 0.29) is 22.9 Å². The Labute approximate surface area is 167 Å². The van der Waals surface area contributed by atoms with Crippen LogP contribution in [0.25, 0.3) is 0 Å². The van der Waals surface area contributed by atoms with E-state index < -0.39 is 5.97 Å². The van der Waals surface area contributed by atoms with Crippen molar-refractivity contribution in [3.63, 3.8) is 0 Å². The molecule has 0 spiro atoms. The zero-order valence-electron chi connectivity index (χ0n) is 15.7. The van der Waals surface area contributed by atoms with E-state index in [4.69, 9.17) is 20.9 Å². The average molecular weight is 389 g/mol. The molecular formula is C22H19N3O4. The number of rotatable bonds is 6. The van der Waals surface area contributed by atoms with E-state index in [2.05, 4.69) is 4.99 Å². The Morgan fingerprint density at radius 1 is 0.793 bits per heavy atom. The van der Waals surface area contributed by atoms with Crippen molar-refractivity contribution in [3.8, 4) is 11.5 Å². The number of methoxy groups -OCH3 is 1. The summed E-state index contributed by atoms with van der Waals surface area (Å²) < 4.78 is 10.7. The Hall–Kier alpha value is -4.13. The minimum Gasteiger partial charge on any atom is -0.496 e. The minimum atomic E-state index is -0.654. The lowest BCUT2D eigenvalue weighted by Gasteiger charge is -2.11. The molecule has 0 heterocycles. The van der Waals surface area contributed by atoms with Gasteiger partial charge in [0.05, 0.1) is 23.9 Å². The molecule has 0 aliphatic rings. The number of carbonyl (C=O) groups is 2. The molecular weight excluding hydrogens is 370 g/mol. The SMILES string of the molecule is COc1ccccc1C(=O)c1ccccc1C(=O)Oc1ccc(N=C(N)N)cc1. The second-order valence-electron chi connectivity index (χ2n) is 6.00. The zero-order valence-corrected chi connectivity index (χ0v) is 15.7. The second kappa shape index (κ2) is 8.71. The van der Waals surface area contributed by atoms with Gasteiger partial charge in [-0.25, -0.2) is 9.79 Å². The van der Waals surface area contributed by atoms with E-state index in [1.165, 1.54) is 7.11 Å². The molecule has 0 atom stereocenters. The molecule has 0 saturated carbocycles. The summed E-state index contributed by atoms with van der Waals surface area (Å²) in [7, 11) is 1.48. The maximum absolute atomic E-state index is 13.0. The van der Waals surface area contributed by atoms with Gasteiger partial charge in [-0.3, -0.25) is 4.79 Å². The van der Waals surface area contributed by atoms with Crippen LogP contribution in [-0.4, -0.2) is 24.8 Å². The number of nitrogens with zero attached hydrogens (tertiary/aromatic N) is 1. The highest BCUT2D eigenvalue weighted by Gasteiger charge is 2.21. The summed E-state index contributed by atoms with van der Waals surface area (Å²) in [5, 5.41) is 0. The summed E-state index contributed by atoms with van der Waals surface area (Å²) in [4.78, 5) is 29.6. The van der Waals surface area contributed by atoms with Gasteiger partial charge in [0, 0.05) is 5.56 Å². The van der Waals surface area contributed by atoms with Gasteiger partial charge in [-0.15, -0.1) is 0 Å². The molecule has 0 unspecified atom stereocenters. The van der Waals surface area contributed by atoms with Gasteiger partial charge in [-0.1, -0.05) is 30.3 Å². The number of para-hydroxylation sites is 1. The van der Waals surface area contributed by atoms with E-state index >= 15 is 0 Å². The first-order chi connectivity index (χ1) is 14.0. The fraction of sp³-hybridized carbons (Fsp3) is 0.0455. The third-order valence-corrected chi connectivity index (χ3v) is 4.05. The van der Waals surface area contributed by atoms with Gasteiger partial charge in [0.2, 0.25) is 0 Å². The van der Waals surface area contributed by atoms with Gasteiger partial charge in [-0.05, 0) is 42.5 Å². The number of esters is 1. The van der Waals surface area contributed by atoms with E-state index in [0.29, 0.717) is 22.7 Å². The van der Waals surface area contributed by atoms with Crippen molar-refractivity contribution < 1.29 is 19.1 Å². The monoisotopic (exact) mass is 389 g/mol. The number of hydrogen-bond acceptors (Lipinski definition) is 5. The Kier molecular flexibility index (Phi) is 5.89. The molecule has 0 radical (unpaired) electrons. The molecule has 0 saturated heterocycles. The predicted molar refractivity (Wildman–Crippen MR) is 110 cm³/mol. The first kappa shape index (κ1) is 19.6. The molecule has 0 aromatic heterocycles. The molecule has 146 valence electrons. The lowest BCUT2D eigenvalue weighted by molar-refractivity contribution is 0.0730. The van der Waals surface area contributed by atoms with Crippen molar-refractivity contribution in [1.82, 2.24) is 0 Å². The number of benzene rings is 3. The Balaban J connectivity index is 1.87. The topological polar surface area (TPSA) is 117 Å². The van der Waals surface area contributed by atoms with E-state index in [0.717, 1.165) is 0 Å². The minimum absolute atomic E-state index is 0.0708. The van der Waals surface area contributed by atoms with Crippen molar-refractivity contribution in [1.29, 1.82) is 0 Å². The van der Waals surface area contributed by atoms with Crippen LogP contribution in [0.2, 0.25) is 0 Å². The van der Waals surface area contributed by atoms with E-state index in [9.17, 15) is 9.59 Å². The van der Waals surface area contributed by atoms with Crippen molar-refractivity contribution in [3.05, 3.63) is 89.5 Å². The van der Waals surface area contributed by atoms with Crippen LogP contribution >= 0.6 is 0 Å². The van der Waals surface area contributed by atoms with Crippen LogP contribution in [0, 0.1) is 0 Å². The molecule has 3 aromatic rings. The van der Waals surface area contributed by atoms with Crippen LogP contribution in [-0.2, 0) is 0 Å². The van der Waals surface area contributed by atoms with Crippen LogP contribution in [0.4, 0.5) is 5.69 Å².